The average molecular weight is 288 g/mol. The van der Waals surface area contributed by atoms with Crippen LogP contribution in [0, 0.1) is 6.92 Å². The Morgan fingerprint density at radius 1 is 1.40 bits per heavy atom. The van der Waals surface area contributed by atoms with Crippen LogP contribution in [0.5, 0.6) is 5.75 Å². The van der Waals surface area contributed by atoms with E-state index in [1.165, 1.54) is 29.0 Å². The molecule has 0 atom stereocenters. The summed E-state index contributed by atoms with van der Waals surface area (Å²) in [7, 11) is 3.70. The van der Waals surface area contributed by atoms with Gasteiger partial charge in [0.1, 0.15) is 10.8 Å². The molecule has 1 fully saturated rings. The van der Waals surface area contributed by atoms with E-state index in [1.807, 2.05) is 24.5 Å². The highest BCUT2D eigenvalue weighted by Crippen LogP contribution is 2.44. The molecule has 1 aliphatic carbocycles. The van der Waals surface area contributed by atoms with Gasteiger partial charge in [0, 0.05) is 22.9 Å². The van der Waals surface area contributed by atoms with Gasteiger partial charge in [0.25, 0.3) is 0 Å². The zero-order valence-electron chi connectivity index (χ0n) is 12.2. The maximum atomic E-state index is 5.32. The van der Waals surface area contributed by atoms with E-state index in [1.54, 1.807) is 7.11 Å². The van der Waals surface area contributed by atoms with Gasteiger partial charge in [-0.2, -0.15) is 0 Å². The minimum Gasteiger partial charge on any atom is -0.496 e. The van der Waals surface area contributed by atoms with Crippen molar-refractivity contribution < 1.29 is 4.74 Å². The normalized spacial score (nSPS) is 14.6. The number of nitrogens with one attached hydrogen (secondary N) is 1. The topological polar surface area (TPSA) is 34.1 Å². The molecular formula is C16H20N2OS. The van der Waals surface area contributed by atoms with Crippen LogP contribution < -0.4 is 10.1 Å². The van der Waals surface area contributed by atoms with Crippen LogP contribution in [0.15, 0.2) is 18.2 Å². The van der Waals surface area contributed by atoms with Crippen LogP contribution in [0.25, 0.3) is 10.6 Å². The summed E-state index contributed by atoms with van der Waals surface area (Å²) in [5.41, 5.74) is 3.66. The summed E-state index contributed by atoms with van der Waals surface area (Å²) in [6.07, 6.45) is 2.59. The van der Waals surface area contributed by atoms with Gasteiger partial charge in [-0.05, 0) is 50.6 Å². The van der Waals surface area contributed by atoms with Gasteiger partial charge in [-0.1, -0.05) is 0 Å². The molecule has 1 heterocycles. The summed E-state index contributed by atoms with van der Waals surface area (Å²) in [5.74, 6) is 1.63. The van der Waals surface area contributed by atoms with Gasteiger partial charge < -0.3 is 10.1 Å². The van der Waals surface area contributed by atoms with Crippen molar-refractivity contribution >= 4 is 11.3 Å². The minimum absolute atomic E-state index is 0.697. The van der Waals surface area contributed by atoms with Crippen molar-refractivity contribution in [1.29, 1.82) is 0 Å². The zero-order chi connectivity index (χ0) is 14.1. The number of hydrogen-bond donors (Lipinski definition) is 1. The van der Waals surface area contributed by atoms with Gasteiger partial charge in [0.05, 0.1) is 12.8 Å². The van der Waals surface area contributed by atoms with Crippen LogP contribution in [0.1, 0.15) is 34.9 Å². The fraction of sp³-hybridized carbons (Fsp3) is 0.438. The Kier molecular flexibility index (Phi) is 3.76. The molecule has 106 valence electrons. The lowest BCUT2D eigenvalue weighted by Gasteiger charge is -2.05. The number of ether oxygens (including phenoxy) is 1. The number of aromatic nitrogens is 1. The Bertz CT molecular complexity index is 617. The van der Waals surface area contributed by atoms with Gasteiger partial charge in [0.2, 0.25) is 0 Å². The molecule has 4 heteroatoms. The summed E-state index contributed by atoms with van der Waals surface area (Å²) >= 11 is 1.81. The molecule has 20 heavy (non-hydrogen) atoms. The van der Waals surface area contributed by atoms with Gasteiger partial charge in [-0.25, -0.2) is 4.98 Å². The second-order valence-electron chi connectivity index (χ2n) is 5.32. The van der Waals surface area contributed by atoms with Gasteiger partial charge in [0.15, 0.2) is 0 Å². The Morgan fingerprint density at radius 2 is 2.20 bits per heavy atom. The largest absolute Gasteiger partial charge is 0.496 e. The van der Waals surface area contributed by atoms with E-state index in [0.29, 0.717) is 5.92 Å². The smallest absolute Gasteiger partial charge is 0.123 e. The van der Waals surface area contributed by atoms with E-state index in [2.05, 4.69) is 24.4 Å². The summed E-state index contributed by atoms with van der Waals surface area (Å²) in [5, 5.41) is 4.38. The van der Waals surface area contributed by atoms with Crippen molar-refractivity contribution in [1.82, 2.24) is 10.3 Å². The summed E-state index contributed by atoms with van der Waals surface area (Å²) in [4.78, 5) is 6.28. The van der Waals surface area contributed by atoms with Gasteiger partial charge >= 0.3 is 0 Å². The lowest BCUT2D eigenvalue weighted by Crippen LogP contribution is -2.05. The first-order chi connectivity index (χ1) is 9.72. The average Bonchev–Trinajstić information content (AvgIpc) is 3.20. The highest BCUT2D eigenvalue weighted by atomic mass is 32.1. The first-order valence-corrected chi connectivity index (χ1v) is 7.83. The van der Waals surface area contributed by atoms with E-state index in [-0.39, 0.29) is 0 Å². The number of aryl methyl sites for hydroxylation is 1. The number of hydrogen-bond acceptors (Lipinski definition) is 4. The predicted octanol–water partition coefficient (Wildman–Crippen LogP) is 3.72. The number of methoxy groups -OCH3 is 1. The third-order valence-corrected chi connectivity index (χ3v) is 4.79. The van der Waals surface area contributed by atoms with Crippen molar-refractivity contribution in [2.75, 3.05) is 14.2 Å². The molecule has 1 aromatic carbocycles. The van der Waals surface area contributed by atoms with Crippen LogP contribution in [0.2, 0.25) is 0 Å². The SMILES string of the molecule is CNCc1sc(-c2ccc(OC)c(C)c2)nc1C1CC1. The second kappa shape index (κ2) is 5.54. The van der Waals surface area contributed by atoms with Crippen LogP contribution >= 0.6 is 11.3 Å². The summed E-state index contributed by atoms with van der Waals surface area (Å²) in [6.45, 7) is 2.99. The first-order valence-electron chi connectivity index (χ1n) is 7.02. The summed E-state index contributed by atoms with van der Waals surface area (Å²) < 4.78 is 5.32. The molecule has 2 aromatic rings. The molecule has 0 spiro atoms. The molecule has 3 nitrogen and oxygen atoms in total. The second-order valence-corrected chi connectivity index (χ2v) is 6.40. The van der Waals surface area contributed by atoms with Crippen molar-refractivity contribution in [3.05, 3.63) is 34.3 Å². The predicted molar refractivity (Wildman–Crippen MR) is 83.6 cm³/mol. The molecule has 0 saturated heterocycles. The van der Waals surface area contributed by atoms with Crippen molar-refractivity contribution in [3.63, 3.8) is 0 Å². The Morgan fingerprint density at radius 3 is 2.80 bits per heavy atom. The quantitative estimate of drug-likeness (QED) is 0.910. The Hall–Kier alpha value is -1.39. The molecule has 1 N–H and O–H groups in total. The number of nitrogens with zero attached hydrogens (tertiary/aromatic N) is 1. The van der Waals surface area contributed by atoms with E-state index in [9.17, 15) is 0 Å². The molecule has 1 aromatic heterocycles. The standard InChI is InChI=1S/C16H20N2OS/c1-10-8-12(6-7-13(10)19-3)16-18-15(11-4-5-11)14(20-16)9-17-2/h6-8,11,17H,4-5,9H2,1-3H3. The molecule has 0 amide bonds. The minimum atomic E-state index is 0.697. The fourth-order valence-electron chi connectivity index (χ4n) is 2.46. The van der Waals surface area contributed by atoms with Crippen LogP contribution in [0.3, 0.4) is 0 Å². The molecule has 0 unspecified atom stereocenters. The van der Waals surface area contributed by atoms with Crippen LogP contribution in [-0.2, 0) is 6.54 Å². The number of rotatable bonds is 5. The third kappa shape index (κ3) is 2.58. The third-order valence-electron chi connectivity index (χ3n) is 3.67. The van der Waals surface area contributed by atoms with Crippen LogP contribution in [0.4, 0.5) is 0 Å². The molecule has 3 rings (SSSR count). The van der Waals surface area contributed by atoms with Crippen molar-refractivity contribution in [3.8, 4) is 16.3 Å². The first kappa shape index (κ1) is 13.6. The van der Waals surface area contributed by atoms with E-state index >= 15 is 0 Å². The molecule has 0 bridgehead atoms. The van der Waals surface area contributed by atoms with Crippen molar-refractivity contribution in [2.45, 2.75) is 32.2 Å². The maximum Gasteiger partial charge on any atom is 0.123 e. The monoisotopic (exact) mass is 288 g/mol. The highest BCUT2D eigenvalue weighted by Gasteiger charge is 2.29. The maximum absolute atomic E-state index is 5.32. The lowest BCUT2D eigenvalue weighted by molar-refractivity contribution is 0.412. The molecule has 1 aliphatic rings. The molecular weight excluding hydrogens is 268 g/mol. The van der Waals surface area contributed by atoms with E-state index in [0.717, 1.165) is 22.9 Å². The zero-order valence-corrected chi connectivity index (χ0v) is 13.0. The van der Waals surface area contributed by atoms with Gasteiger partial charge in [-0.3, -0.25) is 0 Å². The van der Waals surface area contributed by atoms with Crippen molar-refractivity contribution in [2.24, 2.45) is 0 Å². The Balaban J connectivity index is 1.97. The lowest BCUT2D eigenvalue weighted by atomic mass is 10.1. The number of thiazole rings is 1. The fourth-order valence-corrected chi connectivity index (χ4v) is 3.62. The van der Waals surface area contributed by atoms with Crippen LogP contribution in [-0.4, -0.2) is 19.1 Å². The van der Waals surface area contributed by atoms with E-state index in [4.69, 9.17) is 9.72 Å². The Labute approximate surface area is 124 Å². The van der Waals surface area contributed by atoms with Gasteiger partial charge in [-0.15, -0.1) is 11.3 Å². The highest BCUT2D eigenvalue weighted by molar-refractivity contribution is 7.15. The molecule has 1 saturated carbocycles. The molecule has 0 radical (unpaired) electrons. The van der Waals surface area contributed by atoms with E-state index < -0.39 is 0 Å². The summed E-state index contributed by atoms with van der Waals surface area (Å²) in [6, 6.07) is 6.29. The number of benzene rings is 1. The molecule has 0 aliphatic heterocycles.